The van der Waals surface area contributed by atoms with Gasteiger partial charge in [-0.3, -0.25) is 14.5 Å². The zero-order valence-electron chi connectivity index (χ0n) is 18.9. The molecule has 0 aliphatic carbocycles. The lowest BCUT2D eigenvalue weighted by Gasteiger charge is -2.29. The average molecular weight is 568 g/mol. The van der Waals surface area contributed by atoms with Gasteiger partial charge >= 0.3 is 6.18 Å². The number of nitrogens with zero attached hydrogens (tertiary/aromatic N) is 2. The Kier molecular flexibility index (Phi) is 6.25. The van der Waals surface area contributed by atoms with E-state index in [9.17, 15) is 22.8 Å². The van der Waals surface area contributed by atoms with Gasteiger partial charge in [-0.05, 0) is 48.9 Å². The maximum absolute atomic E-state index is 14.3. The molecule has 0 N–H and O–H groups in total. The molecule has 2 unspecified atom stereocenters. The maximum Gasteiger partial charge on any atom is 0.435 e. The smallest absolute Gasteiger partial charge is 0.374 e. The van der Waals surface area contributed by atoms with Crippen molar-refractivity contribution in [1.29, 1.82) is 0 Å². The van der Waals surface area contributed by atoms with Crippen LogP contribution in [-0.4, -0.2) is 28.6 Å². The summed E-state index contributed by atoms with van der Waals surface area (Å²) in [5, 5.41) is 3.94. The predicted molar refractivity (Wildman–Crippen MR) is 133 cm³/mol. The Morgan fingerprint density at radius 1 is 0.946 bits per heavy atom. The molecule has 3 aromatic rings. The van der Waals surface area contributed by atoms with Crippen molar-refractivity contribution in [2.24, 2.45) is 5.16 Å². The van der Waals surface area contributed by atoms with Crippen LogP contribution < -0.4 is 0 Å². The van der Waals surface area contributed by atoms with Gasteiger partial charge < -0.3 is 4.84 Å². The van der Waals surface area contributed by atoms with Crippen molar-refractivity contribution in [2.45, 2.75) is 31.2 Å². The van der Waals surface area contributed by atoms with E-state index in [4.69, 9.17) is 39.6 Å². The minimum absolute atomic E-state index is 0.00950. The Labute approximate surface area is 224 Å². The molecular weight excluding hydrogens is 552 g/mol. The third kappa shape index (κ3) is 4.17. The van der Waals surface area contributed by atoms with Crippen LogP contribution in [0, 0.1) is 0 Å². The molecule has 0 saturated heterocycles. The Balaban J connectivity index is 1.44. The number of imide groups is 1. The van der Waals surface area contributed by atoms with Crippen molar-refractivity contribution < 1.29 is 27.6 Å². The average Bonchev–Trinajstić information content (AvgIpc) is 3.39. The van der Waals surface area contributed by atoms with E-state index in [2.05, 4.69) is 5.16 Å². The van der Waals surface area contributed by atoms with Gasteiger partial charge in [-0.2, -0.15) is 13.2 Å². The molecule has 37 heavy (non-hydrogen) atoms. The molecule has 0 fully saturated rings. The minimum atomic E-state index is -4.84. The van der Waals surface area contributed by atoms with E-state index in [0.29, 0.717) is 22.3 Å². The first-order chi connectivity index (χ1) is 17.4. The van der Waals surface area contributed by atoms with E-state index in [1.54, 1.807) is 37.3 Å². The summed E-state index contributed by atoms with van der Waals surface area (Å²) < 4.78 is 42.8. The normalized spacial score (nSPS) is 20.1. The summed E-state index contributed by atoms with van der Waals surface area (Å²) in [5.74, 6) is -0.895. The lowest BCUT2D eigenvalue weighted by molar-refractivity contribution is -0.275. The van der Waals surface area contributed by atoms with Crippen LogP contribution in [0.4, 0.5) is 13.2 Å². The highest BCUT2D eigenvalue weighted by Gasteiger charge is 2.62. The van der Waals surface area contributed by atoms with Crippen LogP contribution in [0.3, 0.4) is 0 Å². The quantitative estimate of drug-likeness (QED) is 0.305. The lowest BCUT2D eigenvalue weighted by Crippen LogP contribution is -2.42. The van der Waals surface area contributed by atoms with Crippen LogP contribution in [0.15, 0.2) is 65.8 Å². The van der Waals surface area contributed by atoms with Crippen molar-refractivity contribution in [3.8, 4) is 0 Å². The van der Waals surface area contributed by atoms with Gasteiger partial charge in [-0.25, -0.2) is 0 Å². The van der Waals surface area contributed by atoms with Crippen molar-refractivity contribution in [1.82, 2.24) is 4.90 Å². The van der Waals surface area contributed by atoms with Crippen LogP contribution in [0.1, 0.15) is 56.8 Å². The highest BCUT2D eigenvalue weighted by molar-refractivity contribution is 6.34. The molecule has 5 rings (SSSR count). The number of carbonyl (C=O) groups is 2. The third-order valence-corrected chi connectivity index (χ3v) is 7.28. The Hall–Kier alpha value is -3.07. The van der Waals surface area contributed by atoms with Gasteiger partial charge in [0.15, 0.2) is 0 Å². The number of oxime groups is 1. The van der Waals surface area contributed by atoms with E-state index >= 15 is 0 Å². The van der Waals surface area contributed by atoms with Gasteiger partial charge in [0.2, 0.25) is 0 Å². The van der Waals surface area contributed by atoms with Crippen molar-refractivity contribution in [3.63, 3.8) is 0 Å². The van der Waals surface area contributed by atoms with Crippen molar-refractivity contribution in [2.75, 3.05) is 0 Å². The summed E-state index contributed by atoms with van der Waals surface area (Å²) in [5.41, 5.74) is -1.71. The lowest BCUT2D eigenvalue weighted by atomic mass is 9.86. The van der Waals surface area contributed by atoms with Crippen molar-refractivity contribution in [3.05, 3.63) is 104 Å². The van der Waals surface area contributed by atoms with Gasteiger partial charge in [-0.1, -0.05) is 64.2 Å². The topological polar surface area (TPSA) is 59.0 Å². The summed E-state index contributed by atoms with van der Waals surface area (Å²) in [6, 6.07) is 13.9. The highest BCUT2D eigenvalue weighted by atomic mass is 35.5. The maximum atomic E-state index is 14.3. The summed E-state index contributed by atoms with van der Waals surface area (Å²) >= 11 is 18.4. The highest BCUT2D eigenvalue weighted by Crippen LogP contribution is 2.50. The van der Waals surface area contributed by atoms with Gasteiger partial charge in [-0.15, -0.1) is 0 Å². The summed E-state index contributed by atoms with van der Waals surface area (Å²) in [6.45, 7) is 1.65. The molecule has 5 nitrogen and oxygen atoms in total. The largest absolute Gasteiger partial charge is 0.435 e. The fourth-order valence-corrected chi connectivity index (χ4v) is 5.45. The standard InChI is InChI=1S/C26H16Cl3F3N2O3/c1-13(34-23(35)19-4-2-3-5-20(19)24(34)36)18-7-6-14(8-21(18)29)22-12-25(37-33-22,26(30,31)32)15-9-16(27)11-17(28)10-15/h2-11,13H,12H2,1H3. The number of benzene rings is 3. The number of fused-ring (bicyclic) bond motifs is 1. The fraction of sp³-hybridized carbons (Fsp3) is 0.192. The van der Waals surface area contributed by atoms with E-state index in [1.165, 1.54) is 18.2 Å². The predicted octanol–water partition coefficient (Wildman–Crippen LogP) is 7.59. The molecular formula is C26H16Cl3F3N2O3. The molecule has 2 aliphatic heterocycles. The van der Waals surface area contributed by atoms with E-state index < -0.39 is 36.1 Å². The molecule has 0 bridgehead atoms. The summed E-state index contributed by atoms with van der Waals surface area (Å²) in [4.78, 5) is 31.9. The number of hydrogen-bond donors (Lipinski definition) is 0. The van der Waals surface area contributed by atoms with Crippen molar-refractivity contribution >= 4 is 52.3 Å². The Morgan fingerprint density at radius 2 is 1.54 bits per heavy atom. The molecule has 3 aromatic carbocycles. The Bertz CT molecular complexity index is 1440. The molecule has 0 saturated carbocycles. The molecule has 11 heteroatoms. The van der Waals surface area contributed by atoms with Crippen LogP contribution in [0.25, 0.3) is 0 Å². The molecule has 2 heterocycles. The summed E-state index contributed by atoms with van der Waals surface area (Å²) in [6.07, 6.45) is -5.48. The molecule has 190 valence electrons. The second-order valence-corrected chi connectivity index (χ2v) is 10.0. The first-order valence-corrected chi connectivity index (χ1v) is 12.1. The monoisotopic (exact) mass is 566 g/mol. The van der Waals surface area contributed by atoms with Crippen LogP contribution in [-0.2, 0) is 10.4 Å². The number of alkyl halides is 3. The minimum Gasteiger partial charge on any atom is -0.374 e. The molecule has 2 atom stereocenters. The molecule has 2 aliphatic rings. The van der Waals surface area contributed by atoms with Gasteiger partial charge in [0.05, 0.1) is 22.9 Å². The SMILES string of the molecule is CC(c1ccc(C2=NOC(c3cc(Cl)cc(Cl)c3)(C(F)(F)F)C2)cc1Cl)N1C(=O)c2ccccc2C1=O. The van der Waals surface area contributed by atoms with Crippen LogP contribution >= 0.6 is 34.8 Å². The van der Waals surface area contributed by atoms with Gasteiger partial charge in [0.25, 0.3) is 17.4 Å². The van der Waals surface area contributed by atoms with Gasteiger partial charge in [0.1, 0.15) is 0 Å². The van der Waals surface area contributed by atoms with Gasteiger partial charge in [0, 0.05) is 32.6 Å². The molecule has 0 radical (unpaired) electrons. The van der Waals surface area contributed by atoms with Crippen LogP contribution in [0.5, 0.6) is 0 Å². The molecule has 0 aromatic heterocycles. The second-order valence-electron chi connectivity index (χ2n) is 8.73. The zero-order valence-corrected chi connectivity index (χ0v) is 21.2. The summed E-state index contributed by atoms with van der Waals surface area (Å²) in [7, 11) is 0. The van der Waals surface area contributed by atoms with E-state index in [1.807, 2.05) is 0 Å². The third-order valence-electron chi connectivity index (χ3n) is 6.51. The van der Waals surface area contributed by atoms with E-state index in [0.717, 1.165) is 17.0 Å². The first-order valence-electron chi connectivity index (χ1n) is 11.0. The fourth-order valence-electron chi connectivity index (χ4n) is 4.59. The Morgan fingerprint density at radius 3 is 2.08 bits per heavy atom. The molecule has 0 spiro atoms. The molecule has 2 amide bonds. The number of rotatable bonds is 4. The first kappa shape index (κ1) is 25.6. The zero-order chi connectivity index (χ0) is 26.7. The number of halogens is 6. The number of hydrogen-bond acceptors (Lipinski definition) is 4. The van der Waals surface area contributed by atoms with Crippen LogP contribution in [0.2, 0.25) is 15.1 Å². The number of carbonyl (C=O) groups excluding carboxylic acids is 2. The second kappa shape index (κ2) is 9.04. The number of amides is 2. The van der Waals surface area contributed by atoms with E-state index in [-0.39, 0.29) is 26.3 Å².